The van der Waals surface area contributed by atoms with Crippen molar-refractivity contribution in [3.8, 4) is 0 Å². The number of rotatable bonds is 5. The molecule has 1 aromatic carbocycles. The smallest absolute Gasteiger partial charge is 0.412 e. The third-order valence-corrected chi connectivity index (χ3v) is 3.26. The van der Waals surface area contributed by atoms with Crippen LogP contribution in [0.15, 0.2) is 24.3 Å². The van der Waals surface area contributed by atoms with Gasteiger partial charge < -0.3 is 9.47 Å². The quantitative estimate of drug-likeness (QED) is 0.566. The van der Waals surface area contributed by atoms with E-state index in [2.05, 4.69) is 30.6 Å². The minimum absolute atomic E-state index is 0.335. The van der Waals surface area contributed by atoms with Crippen molar-refractivity contribution in [2.75, 3.05) is 16.8 Å². The monoisotopic (exact) mass is 343 g/mol. The molecule has 0 bridgehead atoms. The van der Waals surface area contributed by atoms with Crippen molar-refractivity contribution >= 4 is 43.0 Å². The Morgan fingerprint density at radius 1 is 1.14 bits per heavy atom. The molecular weight excluding hydrogens is 322 g/mol. The molecule has 22 heavy (non-hydrogen) atoms. The first-order valence-electron chi connectivity index (χ1n) is 6.78. The van der Waals surface area contributed by atoms with Crippen LogP contribution < -0.4 is 5.32 Å². The third kappa shape index (κ3) is 6.62. The summed E-state index contributed by atoms with van der Waals surface area (Å²) in [5.74, 6) is 0.373. The molecule has 7 heteroatoms. The summed E-state index contributed by atoms with van der Waals surface area (Å²) in [5.41, 5.74) is 0.358. The number of hydrogen-bond acceptors (Lipinski definition) is 6. The molecule has 0 aliphatic heterocycles. The van der Waals surface area contributed by atoms with Crippen molar-refractivity contribution < 1.29 is 19.1 Å². The van der Waals surface area contributed by atoms with Crippen molar-refractivity contribution in [3.63, 3.8) is 0 Å². The average molecular weight is 343 g/mol. The van der Waals surface area contributed by atoms with Crippen molar-refractivity contribution in [2.45, 2.75) is 32.5 Å². The molecule has 0 saturated carbocycles. The molecule has 0 aromatic heterocycles. The van der Waals surface area contributed by atoms with E-state index in [0.717, 1.165) is 0 Å². The maximum Gasteiger partial charge on any atom is 0.412 e. The molecule has 0 saturated heterocycles. The molecule has 0 spiro atoms. The number of thiol groups is 2. The number of hydrogen-bond donors (Lipinski definition) is 3. The minimum atomic E-state index is -0.567. The van der Waals surface area contributed by atoms with Gasteiger partial charge in [-0.2, -0.15) is 25.3 Å². The Labute approximate surface area is 141 Å². The van der Waals surface area contributed by atoms with Crippen LogP contribution in [0.1, 0.15) is 31.1 Å². The van der Waals surface area contributed by atoms with Gasteiger partial charge in [-0.15, -0.1) is 0 Å². The highest BCUT2D eigenvalue weighted by molar-refractivity contribution is 7.81. The summed E-state index contributed by atoms with van der Waals surface area (Å²) in [7, 11) is 0. The van der Waals surface area contributed by atoms with Crippen LogP contribution in [-0.4, -0.2) is 35.3 Å². The number of amides is 1. The van der Waals surface area contributed by atoms with Crippen LogP contribution in [0, 0.1) is 0 Å². The molecule has 0 aliphatic rings. The fraction of sp³-hybridized carbons (Fsp3) is 0.467. The van der Waals surface area contributed by atoms with Crippen LogP contribution in [0.3, 0.4) is 0 Å². The molecule has 0 unspecified atom stereocenters. The van der Waals surface area contributed by atoms with Gasteiger partial charge in [0.25, 0.3) is 0 Å². The number of nitrogens with one attached hydrogen (secondary N) is 1. The zero-order valence-corrected chi connectivity index (χ0v) is 14.6. The van der Waals surface area contributed by atoms with Crippen LogP contribution in [0.4, 0.5) is 10.5 Å². The predicted molar refractivity (Wildman–Crippen MR) is 93.2 cm³/mol. The van der Waals surface area contributed by atoms with E-state index in [-0.39, 0.29) is 6.10 Å². The van der Waals surface area contributed by atoms with Gasteiger partial charge in [0.1, 0.15) is 11.7 Å². The first-order valence-corrected chi connectivity index (χ1v) is 8.04. The number of ether oxygens (including phenoxy) is 2. The van der Waals surface area contributed by atoms with E-state index in [1.807, 2.05) is 0 Å². The minimum Gasteiger partial charge on any atom is -0.457 e. The van der Waals surface area contributed by atoms with Crippen molar-refractivity contribution in [2.24, 2.45) is 0 Å². The average Bonchev–Trinajstić information content (AvgIpc) is 2.43. The van der Waals surface area contributed by atoms with Crippen LogP contribution in [0.5, 0.6) is 0 Å². The predicted octanol–water partition coefficient (Wildman–Crippen LogP) is 3.42. The number of benzene rings is 1. The Morgan fingerprint density at radius 2 is 1.68 bits per heavy atom. The normalized spacial score (nSPS) is 11.2. The lowest BCUT2D eigenvalue weighted by Gasteiger charge is -2.19. The van der Waals surface area contributed by atoms with Gasteiger partial charge in [0.05, 0.1) is 5.56 Å². The van der Waals surface area contributed by atoms with Crippen molar-refractivity contribution in [3.05, 3.63) is 29.8 Å². The Balaban J connectivity index is 2.63. The molecule has 5 nitrogen and oxygen atoms in total. The van der Waals surface area contributed by atoms with Gasteiger partial charge in [-0.25, -0.2) is 9.59 Å². The Kier molecular flexibility index (Phi) is 7.09. The molecule has 0 heterocycles. The van der Waals surface area contributed by atoms with Crippen LogP contribution >= 0.6 is 25.3 Å². The van der Waals surface area contributed by atoms with Gasteiger partial charge in [0.2, 0.25) is 0 Å². The second-order valence-corrected chi connectivity index (χ2v) is 6.33. The summed E-state index contributed by atoms with van der Waals surface area (Å²) < 4.78 is 10.4. The van der Waals surface area contributed by atoms with Gasteiger partial charge in [0.15, 0.2) is 0 Å². The zero-order valence-electron chi connectivity index (χ0n) is 12.8. The highest BCUT2D eigenvalue weighted by Crippen LogP contribution is 2.14. The molecule has 0 atom stereocenters. The van der Waals surface area contributed by atoms with E-state index in [1.165, 1.54) is 0 Å². The molecule has 1 rings (SSSR count). The SMILES string of the molecule is CC(C)(C)OC(=O)Nc1ccc(C(=O)OC(CS)CS)cc1. The zero-order chi connectivity index (χ0) is 16.8. The highest BCUT2D eigenvalue weighted by atomic mass is 32.1. The summed E-state index contributed by atoms with van der Waals surface area (Å²) >= 11 is 8.17. The van der Waals surface area contributed by atoms with Gasteiger partial charge in [-0.1, -0.05) is 0 Å². The van der Waals surface area contributed by atoms with Crippen LogP contribution in [0.25, 0.3) is 0 Å². The van der Waals surface area contributed by atoms with Gasteiger partial charge in [0, 0.05) is 17.2 Å². The molecule has 122 valence electrons. The Morgan fingerprint density at radius 3 is 2.14 bits per heavy atom. The molecule has 0 aliphatic carbocycles. The molecule has 0 radical (unpaired) electrons. The third-order valence-electron chi connectivity index (χ3n) is 2.45. The lowest BCUT2D eigenvalue weighted by Crippen LogP contribution is -2.27. The first-order chi connectivity index (χ1) is 10.2. The topological polar surface area (TPSA) is 64.6 Å². The van der Waals surface area contributed by atoms with Gasteiger partial charge >= 0.3 is 12.1 Å². The summed E-state index contributed by atoms with van der Waals surface area (Å²) in [4.78, 5) is 23.5. The maximum absolute atomic E-state index is 11.9. The molecule has 0 fully saturated rings. The second-order valence-electron chi connectivity index (χ2n) is 5.60. The number of esters is 1. The standard InChI is InChI=1S/C15H21NO4S2/c1-15(2,3)20-14(18)16-11-6-4-10(5-7-11)13(17)19-12(8-21)9-22/h4-7,12,21-22H,8-9H2,1-3H3,(H,16,18). The van der Waals surface area contributed by atoms with E-state index >= 15 is 0 Å². The largest absolute Gasteiger partial charge is 0.457 e. The van der Waals surface area contributed by atoms with E-state index in [9.17, 15) is 9.59 Å². The Bertz CT molecular complexity index is 507. The maximum atomic E-state index is 11.9. The fourth-order valence-electron chi connectivity index (χ4n) is 1.46. The summed E-state index contributed by atoms with van der Waals surface area (Å²) in [6.45, 7) is 5.35. The first kappa shape index (κ1) is 18.7. The van der Waals surface area contributed by atoms with Crippen LogP contribution in [0.2, 0.25) is 0 Å². The highest BCUT2D eigenvalue weighted by Gasteiger charge is 2.17. The fourth-order valence-corrected chi connectivity index (χ4v) is 2.07. The molecule has 1 amide bonds. The molecule has 1 aromatic rings. The van der Waals surface area contributed by atoms with Crippen LogP contribution in [-0.2, 0) is 9.47 Å². The van der Waals surface area contributed by atoms with Crippen molar-refractivity contribution in [1.82, 2.24) is 0 Å². The number of anilines is 1. The summed E-state index contributed by atoms with van der Waals surface area (Å²) in [6, 6.07) is 6.36. The van der Waals surface area contributed by atoms with E-state index in [4.69, 9.17) is 9.47 Å². The number of carbonyl (C=O) groups excluding carboxylic acids is 2. The van der Waals surface area contributed by atoms with E-state index < -0.39 is 17.7 Å². The molecular formula is C15H21NO4S2. The summed E-state index contributed by atoms with van der Waals surface area (Å²) in [5, 5.41) is 2.59. The van der Waals surface area contributed by atoms with E-state index in [0.29, 0.717) is 22.8 Å². The second kappa shape index (κ2) is 8.33. The Hall–Kier alpha value is -1.34. The van der Waals surface area contributed by atoms with Crippen molar-refractivity contribution in [1.29, 1.82) is 0 Å². The number of carbonyl (C=O) groups is 2. The van der Waals surface area contributed by atoms with Gasteiger partial charge in [-0.05, 0) is 45.0 Å². The molecule has 1 N–H and O–H groups in total. The van der Waals surface area contributed by atoms with E-state index in [1.54, 1.807) is 45.0 Å². The lowest BCUT2D eigenvalue weighted by molar-refractivity contribution is 0.0395. The summed E-state index contributed by atoms with van der Waals surface area (Å²) in [6.07, 6.45) is -0.883. The van der Waals surface area contributed by atoms with Gasteiger partial charge in [-0.3, -0.25) is 5.32 Å². The lowest BCUT2D eigenvalue weighted by atomic mass is 10.2.